The highest BCUT2D eigenvalue weighted by atomic mass is 16.5. The number of carbonyl (C=O) groups is 1. The topological polar surface area (TPSA) is 61.2 Å². The van der Waals surface area contributed by atoms with Crippen LogP contribution in [0.15, 0.2) is 41.5 Å². The number of nitrogens with zero attached hydrogens (tertiary/aromatic N) is 2. The molecule has 2 aromatic heterocycles. The van der Waals surface area contributed by atoms with Crippen molar-refractivity contribution in [3.05, 3.63) is 63.7 Å². The maximum Gasteiger partial charge on any atom is 0.343 e. The van der Waals surface area contributed by atoms with Crippen molar-refractivity contribution in [3.63, 3.8) is 0 Å². The molecule has 1 saturated carbocycles. The van der Waals surface area contributed by atoms with E-state index in [1.165, 1.54) is 0 Å². The van der Waals surface area contributed by atoms with E-state index >= 15 is 0 Å². The SMILES string of the molecule is CCOC(=O)c1cn(C2CC2)c2c(C)c(-c3ccc(C)nc3)ccc2c1=O. The molecule has 0 radical (unpaired) electrons. The molecule has 1 aliphatic rings. The van der Waals surface area contributed by atoms with E-state index in [2.05, 4.69) is 9.55 Å². The summed E-state index contributed by atoms with van der Waals surface area (Å²) in [6.07, 6.45) is 5.65. The molecule has 27 heavy (non-hydrogen) atoms. The van der Waals surface area contributed by atoms with Crippen LogP contribution in [0.5, 0.6) is 0 Å². The van der Waals surface area contributed by atoms with Crippen molar-refractivity contribution in [3.8, 4) is 11.1 Å². The highest BCUT2D eigenvalue weighted by Crippen LogP contribution is 2.39. The molecule has 1 aromatic carbocycles. The zero-order chi connectivity index (χ0) is 19.1. The molecular weight excluding hydrogens is 340 g/mol. The summed E-state index contributed by atoms with van der Waals surface area (Å²) in [7, 11) is 0. The molecule has 0 amide bonds. The fraction of sp³-hybridized carbons (Fsp3) is 0.318. The molecule has 0 atom stereocenters. The zero-order valence-corrected chi connectivity index (χ0v) is 15.8. The van der Waals surface area contributed by atoms with Crippen LogP contribution in [0.25, 0.3) is 22.0 Å². The van der Waals surface area contributed by atoms with Gasteiger partial charge in [0.15, 0.2) is 0 Å². The summed E-state index contributed by atoms with van der Waals surface area (Å²) in [6, 6.07) is 8.12. The van der Waals surface area contributed by atoms with E-state index in [9.17, 15) is 9.59 Å². The summed E-state index contributed by atoms with van der Waals surface area (Å²) >= 11 is 0. The summed E-state index contributed by atoms with van der Waals surface area (Å²) in [4.78, 5) is 29.6. The molecule has 5 heteroatoms. The number of benzene rings is 1. The number of rotatable bonds is 4. The van der Waals surface area contributed by atoms with Crippen LogP contribution in [0.2, 0.25) is 0 Å². The van der Waals surface area contributed by atoms with Gasteiger partial charge in [0, 0.05) is 35.1 Å². The largest absolute Gasteiger partial charge is 0.462 e. The van der Waals surface area contributed by atoms with Gasteiger partial charge in [-0.3, -0.25) is 9.78 Å². The Morgan fingerprint density at radius 1 is 1.22 bits per heavy atom. The Labute approximate surface area is 157 Å². The molecule has 5 nitrogen and oxygen atoms in total. The summed E-state index contributed by atoms with van der Waals surface area (Å²) in [5.41, 5.74) is 4.80. The number of hydrogen-bond acceptors (Lipinski definition) is 4. The van der Waals surface area contributed by atoms with E-state index in [4.69, 9.17) is 4.74 Å². The molecule has 2 heterocycles. The lowest BCUT2D eigenvalue weighted by Gasteiger charge is -2.17. The minimum Gasteiger partial charge on any atom is -0.462 e. The zero-order valence-electron chi connectivity index (χ0n) is 15.8. The molecule has 3 aromatic rings. The highest BCUT2D eigenvalue weighted by Gasteiger charge is 2.28. The first-order chi connectivity index (χ1) is 13.0. The lowest BCUT2D eigenvalue weighted by atomic mass is 9.97. The van der Waals surface area contributed by atoms with Gasteiger partial charge in [-0.1, -0.05) is 12.1 Å². The molecule has 0 saturated heterocycles. The van der Waals surface area contributed by atoms with Crippen LogP contribution >= 0.6 is 0 Å². The third-order valence-electron chi connectivity index (χ3n) is 5.10. The van der Waals surface area contributed by atoms with Crippen LogP contribution in [0.3, 0.4) is 0 Å². The number of hydrogen-bond donors (Lipinski definition) is 0. The Morgan fingerprint density at radius 3 is 2.63 bits per heavy atom. The molecule has 0 N–H and O–H groups in total. The predicted octanol–water partition coefficient (Wildman–Crippen LogP) is 4.19. The molecular formula is C22H22N2O3. The molecule has 4 rings (SSSR count). The summed E-state index contributed by atoms with van der Waals surface area (Å²) in [6.45, 7) is 5.97. The minimum atomic E-state index is -0.553. The Balaban J connectivity index is 1.98. The average Bonchev–Trinajstić information content (AvgIpc) is 3.49. The number of fused-ring (bicyclic) bond motifs is 1. The van der Waals surface area contributed by atoms with Crippen molar-refractivity contribution < 1.29 is 9.53 Å². The second kappa shape index (κ2) is 6.65. The Hall–Kier alpha value is -2.95. The van der Waals surface area contributed by atoms with E-state index in [1.54, 1.807) is 13.1 Å². The van der Waals surface area contributed by atoms with E-state index < -0.39 is 5.97 Å². The maximum atomic E-state index is 13.0. The summed E-state index contributed by atoms with van der Waals surface area (Å²) in [5.74, 6) is -0.553. The number of ether oxygens (including phenoxy) is 1. The van der Waals surface area contributed by atoms with Crippen LogP contribution in [0.4, 0.5) is 0 Å². The first kappa shape index (κ1) is 17.5. The molecule has 0 spiro atoms. The molecule has 1 aliphatic carbocycles. The Kier molecular flexibility index (Phi) is 4.30. The third kappa shape index (κ3) is 3.03. The van der Waals surface area contributed by atoms with Gasteiger partial charge in [-0.15, -0.1) is 0 Å². The number of carbonyl (C=O) groups excluding carboxylic acids is 1. The predicted molar refractivity (Wildman–Crippen MR) is 105 cm³/mol. The smallest absolute Gasteiger partial charge is 0.343 e. The van der Waals surface area contributed by atoms with E-state index in [1.807, 2.05) is 44.3 Å². The van der Waals surface area contributed by atoms with Gasteiger partial charge in [-0.2, -0.15) is 0 Å². The van der Waals surface area contributed by atoms with E-state index in [0.29, 0.717) is 11.4 Å². The standard InChI is InChI=1S/C22H22N2O3/c1-4-27-22(26)19-12-24(16-7-8-16)20-14(3)17(9-10-18(20)21(19)25)15-6-5-13(2)23-11-15/h5-6,9-12,16H,4,7-8H2,1-3H3. The Bertz CT molecular complexity index is 1090. The van der Waals surface area contributed by atoms with Gasteiger partial charge in [-0.05, 0) is 56.9 Å². The van der Waals surface area contributed by atoms with Crippen molar-refractivity contribution in [1.29, 1.82) is 0 Å². The first-order valence-corrected chi connectivity index (χ1v) is 9.30. The van der Waals surface area contributed by atoms with Crippen LogP contribution in [-0.2, 0) is 4.74 Å². The summed E-state index contributed by atoms with van der Waals surface area (Å²) < 4.78 is 7.17. The fourth-order valence-corrected chi connectivity index (χ4v) is 3.56. The van der Waals surface area contributed by atoms with Crippen LogP contribution in [-0.4, -0.2) is 22.1 Å². The van der Waals surface area contributed by atoms with Crippen molar-refractivity contribution in [2.24, 2.45) is 0 Å². The molecule has 138 valence electrons. The van der Waals surface area contributed by atoms with Gasteiger partial charge in [0.25, 0.3) is 0 Å². The lowest BCUT2D eigenvalue weighted by molar-refractivity contribution is 0.0524. The highest BCUT2D eigenvalue weighted by molar-refractivity contribution is 5.96. The maximum absolute atomic E-state index is 13.0. The number of aryl methyl sites for hydroxylation is 2. The van der Waals surface area contributed by atoms with Crippen LogP contribution in [0.1, 0.15) is 47.4 Å². The van der Waals surface area contributed by atoms with Gasteiger partial charge in [-0.25, -0.2) is 4.79 Å². The quantitative estimate of drug-likeness (QED) is 0.653. The van der Waals surface area contributed by atoms with Gasteiger partial charge < -0.3 is 9.30 Å². The van der Waals surface area contributed by atoms with Crippen LogP contribution in [0, 0.1) is 13.8 Å². The van der Waals surface area contributed by atoms with E-state index in [0.717, 1.165) is 40.7 Å². The minimum absolute atomic E-state index is 0.111. The van der Waals surface area contributed by atoms with Gasteiger partial charge >= 0.3 is 5.97 Å². The number of esters is 1. The third-order valence-corrected chi connectivity index (χ3v) is 5.10. The number of pyridine rings is 2. The lowest BCUT2D eigenvalue weighted by Crippen LogP contribution is -2.21. The summed E-state index contributed by atoms with van der Waals surface area (Å²) in [5, 5.41) is 0.564. The fourth-order valence-electron chi connectivity index (χ4n) is 3.56. The van der Waals surface area contributed by atoms with Crippen molar-refractivity contribution in [1.82, 2.24) is 9.55 Å². The van der Waals surface area contributed by atoms with Crippen LogP contribution < -0.4 is 5.43 Å². The van der Waals surface area contributed by atoms with Gasteiger partial charge in [0.2, 0.25) is 5.43 Å². The van der Waals surface area contributed by atoms with Crippen molar-refractivity contribution in [2.75, 3.05) is 6.61 Å². The van der Waals surface area contributed by atoms with Gasteiger partial charge in [0.1, 0.15) is 5.56 Å². The second-order valence-electron chi connectivity index (χ2n) is 7.05. The molecule has 0 bridgehead atoms. The van der Waals surface area contributed by atoms with Gasteiger partial charge in [0.05, 0.1) is 12.1 Å². The second-order valence-corrected chi connectivity index (χ2v) is 7.05. The van der Waals surface area contributed by atoms with Crippen molar-refractivity contribution >= 4 is 16.9 Å². The molecule has 1 fully saturated rings. The monoisotopic (exact) mass is 362 g/mol. The molecule has 0 unspecified atom stereocenters. The van der Waals surface area contributed by atoms with Crippen molar-refractivity contribution in [2.45, 2.75) is 39.7 Å². The normalized spacial score (nSPS) is 13.7. The molecule has 0 aliphatic heterocycles. The Morgan fingerprint density at radius 2 is 2.00 bits per heavy atom. The van der Waals surface area contributed by atoms with E-state index in [-0.39, 0.29) is 17.6 Å². The number of aromatic nitrogens is 2. The first-order valence-electron chi connectivity index (χ1n) is 9.30. The average molecular weight is 362 g/mol.